The van der Waals surface area contributed by atoms with Crippen LogP contribution in [0, 0.1) is 5.92 Å². The molecule has 0 spiro atoms. The van der Waals surface area contributed by atoms with Crippen LogP contribution in [0.25, 0.3) is 0 Å². The van der Waals surface area contributed by atoms with Gasteiger partial charge in [0.1, 0.15) is 5.75 Å². The number of rotatable bonds is 8. The molecule has 31 heavy (non-hydrogen) atoms. The third-order valence-electron chi connectivity index (χ3n) is 5.47. The summed E-state index contributed by atoms with van der Waals surface area (Å²) in [7, 11) is 1.63. The van der Waals surface area contributed by atoms with Crippen molar-refractivity contribution in [3.05, 3.63) is 71.2 Å². The minimum atomic E-state index is -0.213. The molecule has 2 amide bonds. The van der Waals surface area contributed by atoms with Gasteiger partial charge in [0.05, 0.1) is 19.2 Å². The van der Waals surface area contributed by atoms with Crippen molar-refractivity contribution in [1.29, 1.82) is 0 Å². The van der Waals surface area contributed by atoms with Crippen LogP contribution >= 0.6 is 11.3 Å². The molecule has 0 saturated heterocycles. The Labute approximate surface area is 185 Å². The molecule has 160 valence electrons. The first-order valence-corrected chi connectivity index (χ1v) is 11.2. The molecule has 1 aliphatic carbocycles. The van der Waals surface area contributed by atoms with Gasteiger partial charge in [0.2, 0.25) is 5.91 Å². The van der Waals surface area contributed by atoms with E-state index < -0.39 is 0 Å². The highest BCUT2D eigenvalue weighted by molar-refractivity contribution is 7.14. The number of ether oxygens (including phenoxy) is 1. The number of nitrogens with one attached hydrogen (secondary N) is 1. The van der Waals surface area contributed by atoms with Gasteiger partial charge in [0.25, 0.3) is 5.91 Å². The zero-order valence-electron chi connectivity index (χ0n) is 17.6. The molecule has 1 aromatic heterocycles. The maximum absolute atomic E-state index is 13.3. The summed E-state index contributed by atoms with van der Waals surface area (Å²) in [6.45, 7) is 2.10. The standard InChI is InChI=1S/C24H25N3O3S/c1-16(17-8-9-17)27(20-10-12-21(30-2)13-11-20)22(28)14-19-15-31-24(25-19)26-23(29)18-6-4-3-5-7-18/h3-7,10-13,15-17H,8-9,14H2,1-2H3,(H,25,26,29). The zero-order valence-corrected chi connectivity index (χ0v) is 18.4. The van der Waals surface area contributed by atoms with E-state index in [0.717, 1.165) is 24.3 Å². The van der Waals surface area contributed by atoms with Crippen molar-refractivity contribution in [3.63, 3.8) is 0 Å². The summed E-state index contributed by atoms with van der Waals surface area (Å²) in [5.41, 5.74) is 2.08. The Morgan fingerprint density at radius 3 is 2.52 bits per heavy atom. The number of hydrogen-bond donors (Lipinski definition) is 1. The predicted octanol–water partition coefficient (Wildman–Crippen LogP) is 4.78. The smallest absolute Gasteiger partial charge is 0.257 e. The molecule has 1 N–H and O–H groups in total. The Morgan fingerprint density at radius 1 is 1.16 bits per heavy atom. The molecule has 0 radical (unpaired) electrons. The fourth-order valence-corrected chi connectivity index (χ4v) is 4.29. The van der Waals surface area contributed by atoms with Crippen molar-refractivity contribution < 1.29 is 14.3 Å². The molecular formula is C24H25N3O3S. The van der Waals surface area contributed by atoms with E-state index in [0.29, 0.717) is 22.3 Å². The largest absolute Gasteiger partial charge is 0.497 e. The van der Waals surface area contributed by atoms with Crippen LogP contribution in [0.1, 0.15) is 35.8 Å². The zero-order chi connectivity index (χ0) is 21.8. The lowest BCUT2D eigenvalue weighted by atomic mass is 10.1. The first-order valence-electron chi connectivity index (χ1n) is 10.3. The summed E-state index contributed by atoms with van der Waals surface area (Å²) in [5.74, 6) is 1.07. The number of methoxy groups -OCH3 is 1. The van der Waals surface area contributed by atoms with Gasteiger partial charge in [0, 0.05) is 22.7 Å². The van der Waals surface area contributed by atoms with Gasteiger partial charge >= 0.3 is 0 Å². The highest BCUT2D eigenvalue weighted by atomic mass is 32.1. The first kappa shape index (κ1) is 21.1. The molecule has 1 atom stereocenters. The van der Waals surface area contributed by atoms with Crippen LogP contribution in [0.4, 0.5) is 10.8 Å². The number of carbonyl (C=O) groups excluding carboxylic acids is 2. The molecule has 1 fully saturated rings. The Hall–Kier alpha value is -3.19. The predicted molar refractivity (Wildman–Crippen MR) is 123 cm³/mol. The van der Waals surface area contributed by atoms with E-state index in [2.05, 4.69) is 17.2 Å². The van der Waals surface area contributed by atoms with Crippen molar-refractivity contribution in [3.8, 4) is 5.75 Å². The van der Waals surface area contributed by atoms with Crippen molar-refractivity contribution in [2.45, 2.75) is 32.2 Å². The highest BCUT2D eigenvalue weighted by Gasteiger charge is 2.35. The van der Waals surface area contributed by atoms with Gasteiger partial charge in [-0.25, -0.2) is 4.98 Å². The molecule has 1 aliphatic rings. The van der Waals surface area contributed by atoms with Gasteiger partial charge in [-0.15, -0.1) is 11.3 Å². The summed E-state index contributed by atoms with van der Waals surface area (Å²) in [5, 5.41) is 5.12. The maximum atomic E-state index is 13.3. The minimum absolute atomic E-state index is 0.00389. The van der Waals surface area contributed by atoms with Gasteiger partial charge in [-0.05, 0) is 62.1 Å². The SMILES string of the molecule is COc1ccc(N(C(=O)Cc2csc(NC(=O)c3ccccc3)n2)C(C)C2CC2)cc1. The molecule has 6 nitrogen and oxygen atoms in total. The number of hydrogen-bond acceptors (Lipinski definition) is 5. The molecule has 1 heterocycles. The van der Waals surface area contributed by atoms with Crippen LogP contribution in [-0.2, 0) is 11.2 Å². The molecule has 0 bridgehead atoms. The van der Waals surface area contributed by atoms with Gasteiger partial charge in [-0.3, -0.25) is 14.9 Å². The second kappa shape index (κ2) is 9.31. The lowest BCUT2D eigenvalue weighted by Crippen LogP contribution is -2.41. The van der Waals surface area contributed by atoms with Crippen LogP contribution in [0.3, 0.4) is 0 Å². The van der Waals surface area contributed by atoms with Crippen molar-refractivity contribution in [1.82, 2.24) is 4.98 Å². The molecule has 3 aromatic rings. The highest BCUT2D eigenvalue weighted by Crippen LogP contribution is 2.37. The van der Waals surface area contributed by atoms with E-state index in [1.54, 1.807) is 19.2 Å². The summed E-state index contributed by atoms with van der Waals surface area (Å²) in [4.78, 5) is 31.9. The second-order valence-electron chi connectivity index (χ2n) is 7.68. The summed E-state index contributed by atoms with van der Waals surface area (Å²) in [6, 6.07) is 16.7. The van der Waals surface area contributed by atoms with Crippen molar-refractivity contribution in [2.75, 3.05) is 17.3 Å². The average Bonchev–Trinajstić information content (AvgIpc) is 3.56. The normalized spacial score (nSPS) is 14.0. The van der Waals surface area contributed by atoms with Gasteiger partial charge in [-0.1, -0.05) is 18.2 Å². The van der Waals surface area contributed by atoms with Crippen LogP contribution in [0.15, 0.2) is 60.0 Å². The number of nitrogens with zero attached hydrogens (tertiary/aromatic N) is 2. The quantitative estimate of drug-likeness (QED) is 0.553. The molecule has 1 unspecified atom stereocenters. The van der Waals surface area contributed by atoms with Crippen molar-refractivity contribution >= 4 is 34.0 Å². The van der Waals surface area contributed by atoms with Gasteiger partial charge in [-0.2, -0.15) is 0 Å². The van der Waals surface area contributed by atoms with Gasteiger partial charge < -0.3 is 9.64 Å². The molecule has 0 aliphatic heterocycles. The molecule has 7 heteroatoms. The summed E-state index contributed by atoms with van der Waals surface area (Å²) in [6.07, 6.45) is 2.47. The van der Waals surface area contributed by atoms with E-state index in [1.807, 2.05) is 52.7 Å². The molecule has 4 rings (SSSR count). The lowest BCUT2D eigenvalue weighted by molar-refractivity contribution is -0.118. The van der Waals surface area contributed by atoms with Crippen LogP contribution < -0.4 is 15.0 Å². The Balaban J connectivity index is 1.46. The van der Waals surface area contributed by atoms with Crippen LogP contribution in [0.5, 0.6) is 5.75 Å². The molecule has 1 saturated carbocycles. The number of anilines is 2. The summed E-state index contributed by atoms with van der Waals surface area (Å²) >= 11 is 1.32. The Bertz CT molecular complexity index is 1050. The number of amides is 2. The fourth-order valence-electron chi connectivity index (χ4n) is 3.58. The average molecular weight is 436 g/mol. The number of benzene rings is 2. The van der Waals surface area contributed by atoms with E-state index >= 15 is 0 Å². The second-order valence-corrected chi connectivity index (χ2v) is 8.54. The first-order chi connectivity index (χ1) is 15.0. The monoisotopic (exact) mass is 435 g/mol. The Morgan fingerprint density at radius 2 is 1.87 bits per heavy atom. The fraction of sp³-hybridized carbons (Fsp3) is 0.292. The third-order valence-corrected chi connectivity index (χ3v) is 6.28. The van der Waals surface area contributed by atoms with E-state index in [4.69, 9.17) is 4.74 Å². The number of carbonyl (C=O) groups is 2. The Kier molecular flexibility index (Phi) is 6.32. The minimum Gasteiger partial charge on any atom is -0.497 e. The van der Waals surface area contributed by atoms with Gasteiger partial charge in [0.15, 0.2) is 5.13 Å². The van der Waals surface area contributed by atoms with E-state index in [1.165, 1.54) is 11.3 Å². The number of aromatic nitrogens is 1. The maximum Gasteiger partial charge on any atom is 0.257 e. The third kappa shape index (κ3) is 5.11. The van der Waals surface area contributed by atoms with Crippen molar-refractivity contribution in [2.24, 2.45) is 5.92 Å². The van der Waals surface area contributed by atoms with Crippen LogP contribution in [0.2, 0.25) is 0 Å². The van der Waals surface area contributed by atoms with Crippen LogP contribution in [-0.4, -0.2) is 29.9 Å². The molecule has 2 aromatic carbocycles. The van der Waals surface area contributed by atoms with E-state index in [-0.39, 0.29) is 24.3 Å². The van der Waals surface area contributed by atoms with E-state index in [9.17, 15) is 9.59 Å². The molecular weight excluding hydrogens is 410 g/mol. The number of thiazole rings is 1. The topological polar surface area (TPSA) is 71.5 Å². The summed E-state index contributed by atoms with van der Waals surface area (Å²) < 4.78 is 5.25. The lowest BCUT2D eigenvalue weighted by Gasteiger charge is -2.29.